The first kappa shape index (κ1) is 24.8. The third-order valence-electron chi connectivity index (χ3n) is 7.11. The second-order valence-electron chi connectivity index (χ2n) is 9.55. The van der Waals surface area contributed by atoms with Gasteiger partial charge < -0.3 is 9.64 Å². The van der Waals surface area contributed by atoms with Gasteiger partial charge in [-0.2, -0.15) is 0 Å². The minimum absolute atomic E-state index is 0.140. The number of imidazole rings is 1. The van der Waals surface area contributed by atoms with Crippen LogP contribution in [-0.2, 0) is 11.3 Å². The number of rotatable bonds is 5. The molecule has 0 N–H and O–H groups in total. The zero-order chi connectivity index (χ0) is 26.4. The number of fused-ring (bicyclic) bond motifs is 3. The Kier molecular flexibility index (Phi) is 6.51. The van der Waals surface area contributed by atoms with E-state index < -0.39 is 0 Å². The number of piperazine rings is 1. The number of hydrogen-bond acceptors (Lipinski definition) is 7. The molecule has 0 saturated carbocycles. The van der Waals surface area contributed by atoms with Crippen molar-refractivity contribution in [2.75, 3.05) is 20.2 Å². The SMILES string of the molecule is COc1ccc(Cl)c(C(=O)N2C3CC(=O)CC2CN(Cc2c(-c4ccc(Cl)cc4)nc4ncccn24)C3)n1. The zero-order valence-corrected chi connectivity index (χ0v) is 22.1. The summed E-state index contributed by atoms with van der Waals surface area (Å²) in [5.41, 5.74) is 2.89. The molecule has 2 aliphatic rings. The molecular weight excluding hydrogens is 527 g/mol. The highest BCUT2D eigenvalue weighted by molar-refractivity contribution is 6.33. The van der Waals surface area contributed by atoms with Gasteiger partial charge in [0.15, 0.2) is 5.69 Å². The monoisotopic (exact) mass is 550 g/mol. The summed E-state index contributed by atoms with van der Waals surface area (Å²) < 4.78 is 7.19. The predicted molar refractivity (Wildman–Crippen MR) is 142 cm³/mol. The van der Waals surface area contributed by atoms with Crippen LogP contribution in [0.3, 0.4) is 0 Å². The fraction of sp³-hybridized carbons (Fsp3) is 0.296. The van der Waals surface area contributed by atoms with Gasteiger partial charge in [0, 0.05) is 61.5 Å². The van der Waals surface area contributed by atoms with Crippen molar-refractivity contribution in [1.29, 1.82) is 0 Å². The highest BCUT2D eigenvalue weighted by Gasteiger charge is 2.44. The average Bonchev–Trinajstić information content (AvgIpc) is 3.26. The van der Waals surface area contributed by atoms with Crippen LogP contribution >= 0.6 is 23.2 Å². The van der Waals surface area contributed by atoms with Crippen LogP contribution in [0, 0.1) is 0 Å². The molecule has 1 aromatic carbocycles. The summed E-state index contributed by atoms with van der Waals surface area (Å²) in [5, 5.41) is 0.912. The molecule has 2 saturated heterocycles. The van der Waals surface area contributed by atoms with Gasteiger partial charge in [0.1, 0.15) is 5.78 Å². The van der Waals surface area contributed by atoms with Crippen LogP contribution in [0.2, 0.25) is 10.0 Å². The Morgan fingerprint density at radius 2 is 1.79 bits per heavy atom. The van der Waals surface area contributed by atoms with Crippen molar-refractivity contribution in [2.24, 2.45) is 0 Å². The number of hydrogen-bond donors (Lipinski definition) is 0. The van der Waals surface area contributed by atoms with Crippen LogP contribution < -0.4 is 4.74 Å². The molecular formula is C27H24Cl2N6O3. The number of ether oxygens (including phenoxy) is 1. The van der Waals surface area contributed by atoms with E-state index in [-0.39, 0.29) is 34.5 Å². The Bertz CT molecular complexity index is 1520. The van der Waals surface area contributed by atoms with Gasteiger partial charge in [-0.05, 0) is 24.3 Å². The summed E-state index contributed by atoms with van der Waals surface area (Å²) in [7, 11) is 1.49. The fourth-order valence-electron chi connectivity index (χ4n) is 5.49. The summed E-state index contributed by atoms with van der Waals surface area (Å²) >= 11 is 12.5. The van der Waals surface area contributed by atoms with Crippen molar-refractivity contribution in [3.05, 3.63) is 76.3 Å². The molecule has 0 spiro atoms. The molecule has 2 bridgehead atoms. The van der Waals surface area contributed by atoms with Gasteiger partial charge in [-0.3, -0.25) is 18.9 Å². The number of amides is 1. The lowest BCUT2D eigenvalue weighted by atomic mass is 9.89. The normalized spacial score (nSPS) is 19.7. The number of carbonyl (C=O) groups excluding carboxylic acids is 2. The van der Waals surface area contributed by atoms with E-state index in [0.29, 0.717) is 49.2 Å². The van der Waals surface area contributed by atoms with Crippen LogP contribution in [0.15, 0.2) is 54.9 Å². The van der Waals surface area contributed by atoms with Gasteiger partial charge in [-0.25, -0.2) is 15.0 Å². The summed E-state index contributed by atoms with van der Waals surface area (Å²) in [6, 6.07) is 12.1. The Morgan fingerprint density at radius 3 is 2.50 bits per heavy atom. The van der Waals surface area contributed by atoms with E-state index in [9.17, 15) is 9.59 Å². The number of aromatic nitrogens is 4. The van der Waals surface area contributed by atoms with E-state index in [4.69, 9.17) is 32.9 Å². The number of methoxy groups -OCH3 is 1. The van der Waals surface area contributed by atoms with Crippen LogP contribution in [0.5, 0.6) is 5.88 Å². The molecule has 0 aliphatic carbocycles. The number of likely N-dealkylation sites (tertiary alicyclic amines) is 1. The number of halogens is 2. The van der Waals surface area contributed by atoms with Crippen molar-refractivity contribution >= 4 is 40.7 Å². The Labute approximate surface area is 229 Å². The molecule has 1 amide bonds. The maximum absolute atomic E-state index is 13.6. The van der Waals surface area contributed by atoms with Gasteiger partial charge in [0.05, 0.1) is 35.6 Å². The molecule has 194 valence electrons. The average molecular weight is 551 g/mol. The van der Waals surface area contributed by atoms with Crippen molar-refractivity contribution in [3.63, 3.8) is 0 Å². The zero-order valence-electron chi connectivity index (χ0n) is 20.6. The molecule has 0 radical (unpaired) electrons. The molecule has 4 aromatic rings. The molecule has 11 heteroatoms. The number of Topliss-reactive ketones (excluding diaryl/α,β-unsaturated/α-hetero) is 1. The number of ketones is 1. The number of nitrogens with zero attached hydrogens (tertiary/aromatic N) is 6. The standard InChI is InChI=1S/C27H24Cl2N6O3/c1-38-23-8-7-21(29)25(31-23)26(37)35-18-11-20(36)12-19(35)14-33(13-18)15-22-24(16-3-5-17(28)6-4-16)32-27-30-9-2-10-34(22)27/h2-10,18-19H,11-15H2,1H3. The van der Waals surface area contributed by atoms with E-state index in [1.807, 2.05) is 40.9 Å². The summed E-state index contributed by atoms with van der Waals surface area (Å²) in [5.74, 6) is 0.801. The van der Waals surface area contributed by atoms with E-state index in [1.54, 1.807) is 23.2 Å². The van der Waals surface area contributed by atoms with Gasteiger partial charge in [-0.15, -0.1) is 0 Å². The molecule has 2 aliphatic heterocycles. The summed E-state index contributed by atoms with van der Waals surface area (Å²) in [4.78, 5) is 43.8. The minimum Gasteiger partial charge on any atom is -0.481 e. The van der Waals surface area contributed by atoms with E-state index in [0.717, 1.165) is 17.0 Å². The predicted octanol–water partition coefficient (Wildman–Crippen LogP) is 4.16. The molecule has 6 rings (SSSR count). The second kappa shape index (κ2) is 9.98. The molecule has 38 heavy (non-hydrogen) atoms. The van der Waals surface area contributed by atoms with E-state index in [1.165, 1.54) is 7.11 Å². The maximum Gasteiger partial charge on any atom is 0.274 e. The molecule has 3 aromatic heterocycles. The van der Waals surface area contributed by atoms with Crippen molar-refractivity contribution in [1.82, 2.24) is 29.2 Å². The largest absolute Gasteiger partial charge is 0.481 e. The lowest BCUT2D eigenvalue weighted by molar-refractivity contribution is -0.127. The highest BCUT2D eigenvalue weighted by Crippen LogP contribution is 2.33. The third kappa shape index (κ3) is 4.51. The van der Waals surface area contributed by atoms with E-state index >= 15 is 0 Å². The van der Waals surface area contributed by atoms with Crippen LogP contribution in [0.4, 0.5) is 0 Å². The number of benzene rings is 1. The number of carbonyl (C=O) groups is 2. The topological polar surface area (TPSA) is 92.9 Å². The number of pyridine rings is 1. The van der Waals surface area contributed by atoms with E-state index in [2.05, 4.69) is 14.9 Å². The highest BCUT2D eigenvalue weighted by atomic mass is 35.5. The second-order valence-corrected chi connectivity index (χ2v) is 10.4. The van der Waals surface area contributed by atoms with Crippen molar-refractivity contribution in [2.45, 2.75) is 31.5 Å². The first-order valence-corrected chi connectivity index (χ1v) is 13.0. The first-order valence-electron chi connectivity index (χ1n) is 12.3. The Morgan fingerprint density at radius 1 is 1.05 bits per heavy atom. The Balaban J connectivity index is 1.31. The molecule has 2 unspecified atom stereocenters. The molecule has 2 atom stereocenters. The number of piperidine rings is 1. The van der Waals surface area contributed by atoms with Crippen LogP contribution in [0.25, 0.3) is 17.0 Å². The van der Waals surface area contributed by atoms with Crippen molar-refractivity contribution in [3.8, 4) is 17.1 Å². The maximum atomic E-state index is 13.6. The Hall–Kier alpha value is -3.53. The summed E-state index contributed by atoms with van der Waals surface area (Å²) in [6.07, 6.45) is 4.25. The minimum atomic E-state index is -0.289. The smallest absolute Gasteiger partial charge is 0.274 e. The van der Waals surface area contributed by atoms with Gasteiger partial charge in [0.2, 0.25) is 11.7 Å². The lowest BCUT2D eigenvalue weighted by Crippen LogP contribution is -2.64. The summed E-state index contributed by atoms with van der Waals surface area (Å²) in [6.45, 7) is 1.64. The molecule has 2 fully saturated rings. The van der Waals surface area contributed by atoms with Crippen LogP contribution in [-0.4, -0.2) is 73.1 Å². The first-order chi connectivity index (χ1) is 18.4. The van der Waals surface area contributed by atoms with Crippen molar-refractivity contribution < 1.29 is 14.3 Å². The lowest BCUT2D eigenvalue weighted by Gasteiger charge is -2.49. The quantitative estimate of drug-likeness (QED) is 0.368. The molecule has 9 nitrogen and oxygen atoms in total. The van der Waals surface area contributed by atoms with Gasteiger partial charge in [-0.1, -0.05) is 35.3 Å². The van der Waals surface area contributed by atoms with Gasteiger partial charge in [0.25, 0.3) is 5.91 Å². The fourth-order valence-corrected chi connectivity index (χ4v) is 5.80. The third-order valence-corrected chi connectivity index (χ3v) is 7.67. The van der Waals surface area contributed by atoms with Gasteiger partial charge >= 0.3 is 0 Å². The van der Waals surface area contributed by atoms with Crippen LogP contribution in [0.1, 0.15) is 29.0 Å². The molecule has 5 heterocycles.